The molecule has 22 heavy (non-hydrogen) atoms. The zero-order valence-electron chi connectivity index (χ0n) is 12.8. The van der Waals surface area contributed by atoms with Crippen molar-refractivity contribution in [2.24, 2.45) is 0 Å². The van der Waals surface area contributed by atoms with Crippen LogP contribution < -0.4 is 15.4 Å². The van der Waals surface area contributed by atoms with Gasteiger partial charge in [-0.05, 0) is 48.9 Å². The Kier molecular flexibility index (Phi) is 4.78. The second-order valence-corrected chi connectivity index (χ2v) is 4.90. The molecule has 5 heteroatoms. The predicted octanol–water partition coefficient (Wildman–Crippen LogP) is 3.21. The number of rotatable bonds is 4. The highest BCUT2D eigenvalue weighted by Crippen LogP contribution is 2.20. The first-order valence-corrected chi connectivity index (χ1v) is 6.83. The summed E-state index contributed by atoms with van der Waals surface area (Å²) in [6.45, 7) is 3.36. The van der Waals surface area contributed by atoms with E-state index in [4.69, 9.17) is 4.74 Å². The predicted molar refractivity (Wildman–Crippen MR) is 86.4 cm³/mol. The van der Waals surface area contributed by atoms with Crippen LogP contribution in [-0.2, 0) is 4.79 Å². The van der Waals surface area contributed by atoms with Gasteiger partial charge in [-0.3, -0.25) is 9.59 Å². The maximum atomic E-state index is 12.2. The highest BCUT2D eigenvalue weighted by Gasteiger charge is 2.09. The summed E-state index contributed by atoms with van der Waals surface area (Å²) in [6, 6.07) is 12.2. The number of carbonyl (C=O) groups is 2. The first-order chi connectivity index (χ1) is 10.5. The maximum Gasteiger partial charge on any atom is 0.255 e. The van der Waals surface area contributed by atoms with Crippen LogP contribution in [0.2, 0.25) is 0 Å². The number of methoxy groups -OCH3 is 1. The lowest BCUT2D eigenvalue weighted by Gasteiger charge is -2.09. The first-order valence-electron chi connectivity index (χ1n) is 6.83. The summed E-state index contributed by atoms with van der Waals surface area (Å²) in [5.41, 5.74) is 2.83. The molecule has 0 aliphatic heterocycles. The molecule has 2 amide bonds. The van der Waals surface area contributed by atoms with Crippen LogP contribution in [0.3, 0.4) is 0 Å². The summed E-state index contributed by atoms with van der Waals surface area (Å²) in [7, 11) is 1.57. The van der Waals surface area contributed by atoms with E-state index in [0.29, 0.717) is 22.7 Å². The lowest BCUT2D eigenvalue weighted by atomic mass is 10.1. The summed E-state index contributed by atoms with van der Waals surface area (Å²) in [6.07, 6.45) is 0. The van der Waals surface area contributed by atoms with E-state index in [2.05, 4.69) is 10.6 Å². The molecule has 0 fully saturated rings. The number of hydrogen-bond acceptors (Lipinski definition) is 3. The number of ether oxygens (including phenoxy) is 1. The van der Waals surface area contributed by atoms with Crippen molar-refractivity contribution >= 4 is 23.2 Å². The summed E-state index contributed by atoms with van der Waals surface area (Å²) < 4.78 is 5.22. The van der Waals surface area contributed by atoms with Gasteiger partial charge in [-0.2, -0.15) is 0 Å². The van der Waals surface area contributed by atoms with Gasteiger partial charge in [0.25, 0.3) is 5.91 Å². The van der Waals surface area contributed by atoms with E-state index in [1.807, 2.05) is 13.0 Å². The van der Waals surface area contributed by atoms with Crippen LogP contribution in [0.15, 0.2) is 42.5 Å². The maximum absolute atomic E-state index is 12.2. The average Bonchev–Trinajstić information content (AvgIpc) is 2.49. The van der Waals surface area contributed by atoms with Crippen LogP contribution in [0.1, 0.15) is 22.8 Å². The van der Waals surface area contributed by atoms with Crippen LogP contribution >= 0.6 is 0 Å². The molecule has 2 aromatic carbocycles. The first kappa shape index (κ1) is 15.6. The van der Waals surface area contributed by atoms with Crippen LogP contribution in [0.25, 0.3) is 0 Å². The van der Waals surface area contributed by atoms with Crippen molar-refractivity contribution in [2.75, 3.05) is 17.7 Å². The van der Waals surface area contributed by atoms with Gasteiger partial charge in [0.15, 0.2) is 0 Å². The molecule has 2 aromatic rings. The van der Waals surface area contributed by atoms with Crippen molar-refractivity contribution in [2.45, 2.75) is 13.8 Å². The molecule has 0 saturated heterocycles. The van der Waals surface area contributed by atoms with E-state index in [-0.39, 0.29) is 11.8 Å². The molecule has 2 N–H and O–H groups in total. The number of benzene rings is 2. The molecule has 0 saturated carbocycles. The summed E-state index contributed by atoms with van der Waals surface area (Å²) in [5.74, 6) is 0.322. The van der Waals surface area contributed by atoms with Crippen LogP contribution in [0.5, 0.6) is 5.75 Å². The fourth-order valence-corrected chi connectivity index (χ4v) is 2.00. The molecule has 0 bridgehead atoms. The molecule has 0 unspecified atom stereocenters. The van der Waals surface area contributed by atoms with Crippen molar-refractivity contribution in [3.8, 4) is 5.75 Å². The van der Waals surface area contributed by atoms with Gasteiger partial charge in [-0.15, -0.1) is 0 Å². The molecule has 0 spiro atoms. The highest BCUT2D eigenvalue weighted by molar-refractivity contribution is 6.04. The van der Waals surface area contributed by atoms with Crippen molar-refractivity contribution in [3.05, 3.63) is 53.6 Å². The van der Waals surface area contributed by atoms with Gasteiger partial charge in [-0.25, -0.2) is 0 Å². The third-order valence-electron chi connectivity index (χ3n) is 3.13. The lowest BCUT2D eigenvalue weighted by Crippen LogP contribution is -2.12. The zero-order chi connectivity index (χ0) is 16.1. The molecule has 0 radical (unpaired) electrons. The van der Waals surface area contributed by atoms with Crippen molar-refractivity contribution < 1.29 is 14.3 Å². The van der Waals surface area contributed by atoms with E-state index in [0.717, 1.165) is 5.56 Å². The summed E-state index contributed by atoms with van der Waals surface area (Å²) in [5, 5.41) is 5.47. The normalized spacial score (nSPS) is 9.95. The topological polar surface area (TPSA) is 67.4 Å². The lowest BCUT2D eigenvalue weighted by molar-refractivity contribution is -0.114. The second-order valence-electron chi connectivity index (χ2n) is 4.90. The Morgan fingerprint density at radius 2 is 1.55 bits per heavy atom. The van der Waals surface area contributed by atoms with E-state index in [1.165, 1.54) is 6.92 Å². The number of carbonyl (C=O) groups excluding carboxylic acids is 2. The molecule has 2 rings (SSSR count). The largest absolute Gasteiger partial charge is 0.496 e. The molecule has 0 atom stereocenters. The average molecular weight is 298 g/mol. The summed E-state index contributed by atoms with van der Waals surface area (Å²) >= 11 is 0. The fourth-order valence-electron chi connectivity index (χ4n) is 2.00. The zero-order valence-corrected chi connectivity index (χ0v) is 12.8. The number of nitrogens with one attached hydrogen (secondary N) is 2. The molecular weight excluding hydrogens is 280 g/mol. The Hall–Kier alpha value is -2.82. The van der Waals surface area contributed by atoms with Gasteiger partial charge in [0, 0.05) is 23.9 Å². The SMILES string of the molecule is COc1cc(C(=O)Nc2ccc(NC(C)=O)cc2)ccc1C. The summed E-state index contributed by atoms with van der Waals surface area (Å²) in [4.78, 5) is 23.2. The molecule has 0 aliphatic rings. The fraction of sp³-hybridized carbons (Fsp3) is 0.176. The highest BCUT2D eigenvalue weighted by atomic mass is 16.5. The Morgan fingerprint density at radius 1 is 0.955 bits per heavy atom. The van der Waals surface area contributed by atoms with Gasteiger partial charge in [0.1, 0.15) is 5.75 Å². The van der Waals surface area contributed by atoms with Gasteiger partial charge in [0.2, 0.25) is 5.91 Å². The van der Waals surface area contributed by atoms with E-state index in [9.17, 15) is 9.59 Å². The number of amides is 2. The monoisotopic (exact) mass is 298 g/mol. The van der Waals surface area contributed by atoms with E-state index < -0.39 is 0 Å². The van der Waals surface area contributed by atoms with E-state index >= 15 is 0 Å². The third kappa shape index (κ3) is 3.85. The third-order valence-corrected chi connectivity index (χ3v) is 3.13. The van der Waals surface area contributed by atoms with Gasteiger partial charge < -0.3 is 15.4 Å². The van der Waals surface area contributed by atoms with Gasteiger partial charge in [-0.1, -0.05) is 6.07 Å². The molecule has 0 aliphatic carbocycles. The number of aryl methyl sites for hydroxylation is 1. The van der Waals surface area contributed by atoms with Crippen LogP contribution in [0.4, 0.5) is 11.4 Å². The van der Waals surface area contributed by atoms with Gasteiger partial charge >= 0.3 is 0 Å². The standard InChI is InChI=1S/C17H18N2O3/c1-11-4-5-13(10-16(11)22-3)17(21)19-15-8-6-14(7-9-15)18-12(2)20/h4-10H,1-3H3,(H,18,20)(H,19,21). The Bertz CT molecular complexity index is 694. The quantitative estimate of drug-likeness (QED) is 0.910. The van der Waals surface area contributed by atoms with Crippen LogP contribution in [-0.4, -0.2) is 18.9 Å². The van der Waals surface area contributed by atoms with E-state index in [1.54, 1.807) is 43.5 Å². The molecule has 5 nitrogen and oxygen atoms in total. The smallest absolute Gasteiger partial charge is 0.255 e. The number of anilines is 2. The van der Waals surface area contributed by atoms with Gasteiger partial charge in [0.05, 0.1) is 7.11 Å². The van der Waals surface area contributed by atoms with Crippen molar-refractivity contribution in [3.63, 3.8) is 0 Å². The molecule has 114 valence electrons. The Morgan fingerprint density at radius 3 is 2.09 bits per heavy atom. The minimum absolute atomic E-state index is 0.136. The molecule has 0 heterocycles. The van der Waals surface area contributed by atoms with Crippen LogP contribution in [0, 0.1) is 6.92 Å². The Balaban J connectivity index is 2.10. The number of hydrogen-bond donors (Lipinski definition) is 2. The van der Waals surface area contributed by atoms with Crippen molar-refractivity contribution in [1.29, 1.82) is 0 Å². The second kappa shape index (κ2) is 6.76. The molecular formula is C17H18N2O3. The van der Waals surface area contributed by atoms with Crippen molar-refractivity contribution in [1.82, 2.24) is 0 Å². The Labute approximate surface area is 129 Å². The minimum Gasteiger partial charge on any atom is -0.496 e. The minimum atomic E-state index is -0.217. The molecule has 0 aromatic heterocycles.